The molecular formula is C24H22N4O2. The van der Waals surface area contributed by atoms with E-state index in [2.05, 4.69) is 27.1 Å². The maximum absolute atomic E-state index is 12.8. The Morgan fingerprint density at radius 3 is 2.77 bits per heavy atom. The maximum Gasteiger partial charge on any atom is 0.168 e. The van der Waals surface area contributed by atoms with Gasteiger partial charge in [0.2, 0.25) is 0 Å². The van der Waals surface area contributed by atoms with Crippen molar-refractivity contribution >= 4 is 11.4 Å². The zero-order valence-corrected chi connectivity index (χ0v) is 17.4. The van der Waals surface area contributed by atoms with Crippen molar-refractivity contribution in [2.24, 2.45) is 0 Å². The second-order valence-electron chi connectivity index (χ2n) is 8.25. The van der Waals surface area contributed by atoms with Gasteiger partial charge in [-0.15, -0.1) is 0 Å². The van der Waals surface area contributed by atoms with Gasteiger partial charge in [0.05, 0.1) is 18.3 Å². The van der Waals surface area contributed by atoms with Crippen LogP contribution in [0.2, 0.25) is 0 Å². The monoisotopic (exact) mass is 398 g/mol. The Labute approximate surface area is 174 Å². The fourth-order valence-electron chi connectivity index (χ4n) is 2.99. The third-order valence-corrected chi connectivity index (χ3v) is 4.80. The van der Waals surface area contributed by atoms with Crippen LogP contribution >= 0.6 is 0 Å². The van der Waals surface area contributed by atoms with Crippen molar-refractivity contribution in [2.75, 3.05) is 0 Å². The summed E-state index contributed by atoms with van der Waals surface area (Å²) >= 11 is 0. The summed E-state index contributed by atoms with van der Waals surface area (Å²) in [4.78, 5) is 17.1. The van der Waals surface area contributed by atoms with E-state index in [1.807, 2.05) is 64.1 Å². The minimum absolute atomic E-state index is 0.0247. The van der Waals surface area contributed by atoms with E-state index in [0.717, 1.165) is 22.5 Å². The molecule has 6 heteroatoms. The lowest BCUT2D eigenvalue weighted by atomic mass is 9.93. The fraction of sp³-hybridized carbons (Fsp3) is 0.250. The summed E-state index contributed by atoms with van der Waals surface area (Å²) < 4.78 is 7.07. The smallest absolute Gasteiger partial charge is 0.168 e. The van der Waals surface area contributed by atoms with Crippen molar-refractivity contribution in [3.05, 3.63) is 82.6 Å². The molecule has 0 spiro atoms. The maximum atomic E-state index is 12.8. The van der Waals surface area contributed by atoms with Gasteiger partial charge in [0, 0.05) is 28.8 Å². The van der Waals surface area contributed by atoms with E-state index in [-0.39, 0.29) is 17.6 Å². The van der Waals surface area contributed by atoms with E-state index >= 15 is 0 Å². The van der Waals surface area contributed by atoms with Gasteiger partial charge < -0.3 is 4.52 Å². The van der Waals surface area contributed by atoms with Crippen LogP contribution in [0.3, 0.4) is 0 Å². The van der Waals surface area contributed by atoms with Crippen LogP contribution in [-0.4, -0.2) is 25.5 Å². The molecule has 0 bridgehead atoms. The quantitative estimate of drug-likeness (QED) is 0.383. The normalized spacial score (nSPS) is 11.3. The van der Waals surface area contributed by atoms with Crippen molar-refractivity contribution in [3.63, 3.8) is 0 Å². The molecule has 0 aliphatic carbocycles. The summed E-state index contributed by atoms with van der Waals surface area (Å²) in [6.07, 6.45) is 3.57. The average molecular weight is 398 g/mol. The molecule has 0 amide bonds. The molecule has 30 heavy (non-hydrogen) atoms. The fourth-order valence-corrected chi connectivity index (χ4v) is 2.99. The number of rotatable bonds is 3. The zero-order chi connectivity index (χ0) is 21.3. The lowest BCUT2D eigenvalue weighted by Crippen LogP contribution is -2.09. The highest BCUT2D eigenvalue weighted by atomic mass is 16.5. The molecule has 0 saturated carbocycles. The highest BCUT2D eigenvalue weighted by Crippen LogP contribution is 2.23. The first kappa shape index (κ1) is 19.6. The van der Waals surface area contributed by atoms with Crippen LogP contribution in [-0.2, 0) is 11.8 Å². The van der Waals surface area contributed by atoms with E-state index in [1.165, 1.54) is 0 Å². The first-order valence-electron chi connectivity index (χ1n) is 9.72. The van der Waals surface area contributed by atoms with Crippen LogP contribution < -0.4 is 0 Å². The number of nitrogens with zero attached hydrogens (tertiary/aromatic N) is 4. The lowest BCUT2D eigenvalue weighted by Gasteiger charge is -2.12. The van der Waals surface area contributed by atoms with Gasteiger partial charge in [-0.25, -0.2) is 9.50 Å². The van der Waals surface area contributed by atoms with Crippen molar-refractivity contribution in [3.8, 4) is 11.8 Å². The average Bonchev–Trinajstić information content (AvgIpc) is 3.34. The van der Waals surface area contributed by atoms with Crippen LogP contribution in [0, 0.1) is 18.8 Å². The van der Waals surface area contributed by atoms with Gasteiger partial charge in [0.1, 0.15) is 11.5 Å². The van der Waals surface area contributed by atoms with E-state index in [1.54, 1.807) is 16.9 Å². The highest BCUT2D eigenvalue weighted by molar-refractivity contribution is 5.97. The number of benzene rings is 1. The molecule has 0 radical (unpaired) electrons. The van der Waals surface area contributed by atoms with Gasteiger partial charge in [0.25, 0.3) is 0 Å². The van der Waals surface area contributed by atoms with Crippen LogP contribution in [0.15, 0.2) is 53.3 Å². The molecule has 4 aromatic rings. The Morgan fingerprint density at radius 1 is 1.17 bits per heavy atom. The Balaban J connectivity index is 1.58. The number of Topliss-reactive ketones (excluding diaryl/α,β-unsaturated/α-hetero) is 1. The van der Waals surface area contributed by atoms with Crippen LogP contribution in [0.4, 0.5) is 0 Å². The van der Waals surface area contributed by atoms with Gasteiger partial charge >= 0.3 is 0 Å². The van der Waals surface area contributed by atoms with Crippen molar-refractivity contribution in [2.45, 2.75) is 39.5 Å². The Bertz CT molecular complexity index is 1300. The van der Waals surface area contributed by atoms with Gasteiger partial charge in [-0.05, 0) is 36.6 Å². The summed E-state index contributed by atoms with van der Waals surface area (Å²) in [5.74, 6) is 7.00. The number of imidazole rings is 1. The van der Waals surface area contributed by atoms with E-state index < -0.39 is 0 Å². The van der Waals surface area contributed by atoms with Crippen LogP contribution in [0.25, 0.3) is 5.65 Å². The first-order chi connectivity index (χ1) is 14.3. The van der Waals surface area contributed by atoms with Gasteiger partial charge in [0.15, 0.2) is 11.4 Å². The van der Waals surface area contributed by atoms with E-state index in [9.17, 15) is 4.79 Å². The highest BCUT2D eigenvalue weighted by Gasteiger charge is 2.21. The molecule has 0 aliphatic rings. The Morgan fingerprint density at radius 2 is 2.00 bits per heavy atom. The molecule has 150 valence electrons. The number of aromatic nitrogens is 4. The van der Waals surface area contributed by atoms with Gasteiger partial charge in [-0.1, -0.05) is 44.0 Å². The molecule has 1 aromatic carbocycles. The van der Waals surface area contributed by atoms with Crippen molar-refractivity contribution in [1.29, 1.82) is 0 Å². The summed E-state index contributed by atoms with van der Waals surface area (Å²) in [7, 11) is 0. The minimum Gasteiger partial charge on any atom is -0.361 e. The van der Waals surface area contributed by atoms with Gasteiger partial charge in [-0.3, -0.25) is 4.79 Å². The number of ketones is 1. The molecule has 0 saturated heterocycles. The molecule has 3 heterocycles. The molecule has 0 N–H and O–H groups in total. The van der Waals surface area contributed by atoms with E-state index in [4.69, 9.17) is 4.52 Å². The second kappa shape index (κ2) is 7.60. The topological polar surface area (TPSA) is 73.3 Å². The van der Waals surface area contributed by atoms with Crippen LogP contribution in [0.1, 0.15) is 59.4 Å². The summed E-state index contributed by atoms with van der Waals surface area (Å²) in [6.45, 7) is 8.11. The third kappa shape index (κ3) is 4.01. The Hall–Kier alpha value is -3.72. The minimum atomic E-state index is -0.145. The number of carbonyl (C=O) groups is 1. The molecular weight excluding hydrogens is 376 g/mol. The third-order valence-electron chi connectivity index (χ3n) is 4.80. The predicted molar refractivity (Wildman–Crippen MR) is 113 cm³/mol. The molecule has 0 fully saturated rings. The number of hydrogen-bond donors (Lipinski definition) is 0. The SMILES string of the molecule is Cc1ccc(C(=O)Cc2cc(C(C)(C)C)on2)cc1C#Cc1cnc2cccnn12. The molecule has 0 aliphatic heterocycles. The molecule has 4 rings (SSSR count). The lowest BCUT2D eigenvalue weighted by molar-refractivity contribution is 0.0990. The Kier molecular flexibility index (Phi) is 4.96. The van der Waals surface area contributed by atoms with Crippen molar-refractivity contribution < 1.29 is 9.32 Å². The number of aryl methyl sites for hydroxylation is 1. The first-order valence-corrected chi connectivity index (χ1v) is 9.72. The summed E-state index contributed by atoms with van der Waals surface area (Å²) in [5, 5.41) is 8.32. The van der Waals surface area contributed by atoms with E-state index in [0.29, 0.717) is 17.0 Å². The summed E-state index contributed by atoms with van der Waals surface area (Å²) in [5.41, 5.74) is 4.31. The molecule has 3 aromatic heterocycles. The number of carbonyl (C=O) groups excluding carboxylic acids is 1. The standard InChI is InChI=1S/C24H22N4O2/c1-16-7-8-18(21(29)13-19-14-22(30-27-19)24(2,3)4)12-17(16)9-10-20-15-25-23-6-5-11-26-28(20)23/h5-8,11-12,14-15H,13H2,1-4H3. The van der Waals surface area contributed by atoms with Crippen LogP contribution in [0.5, 0.6) is 0 Å². The van der Waals surface area contributed by atoms with Crippen molar-refractivity contribution in [1.82, 2.24) is 19.8 Å². The zero-order valence-electron chi connectivity index (χ0n) is 17.4. The molecule has 0 atom stereocenters. The largest absolute Gasteiger partial charge is 0.361 e. The number of hydrogen-bond acceptors (Lipinski definition) is 5. The molecule has 0 unspecified atom stereocenters. The second-order valence-corrected chi connectivity index (χ2v) is 8.25. The van der Waals surface area contributed by atoms with Gasteiger partial charge in [-0.2, -0.15) is 5.10 Å². The molecule has 6 nitrogen and oxygen atoms in total. The summed E-state index contributed by atoms with van der Waals surface area (Å²) in [6, 6.07) is 11.1. The number of fused-ring (bicyclic) bond motifs is 1. The predicted octanol–water partition coefficient (Wildman–Crippen LogP) is 4.15.